The lowest BCUT2D eigenvalue weighted by atomic mass is 9.70. The van der Waals surface area contributed by atoms with Crippen molar-refractivity contribution in [3.63, 3.8) is 0 Å². The number of nitrogens with zero attached hydrogens (tertiary/aromatic N) is 3. The van der Waals surface area contributed by atoms with Gasteiger partial charge >= 0.3 is 0 Å². The van der Waals surface area contributed by atoms with E-state index in [1.807, 2.05) is 34.6 Å². The molecule has 0 saturated carbocycles. The van der Waals surface area contributed by atoms with E-state index in [0.717, 1.165) is 6.42 Å². The van der Waals surface area contributed by atoms with Crippen molar-refractivity contribution in [3.8, 4) is 0 Å². The Morgan fingerprint density at radius 2 is 1.85 bits per heavy atom. The van der Waals surface area contributed by atoms with E-state index in [4.69, 9.17) is 0 Å². The van der Waals surface area contributed by atoms with Crippen LogP contribution in [-0.4, -0.2) is 91.9 Å². The summed E-state index contributed by atoms with van der Waals surface area (Å²) in [7, 11) is 1.74. The van der Waals surface area contributed by atoms with E-state index in [-0.39, 0.29) is 35.5 Å². The second-order valence-electron chi connectivity index (χ2n) is 11.2. The molecule has 2 bridgehead atoms. The summed E-state index contributed by atoms with van der Waals surface area (Å²) in [6.07, 6.45) is 4.90. The summed E-state index contributed by atoms with van der Waals surface area (Å²) >= 11 is 1.66. The number of carbonyl (C=O) groups is 3. The molecule has 0 aromatic rings. The van der Waals surface area contributed by atoms with Crippen LogP contribution in [0.4, 0.5) is 0 Å². The molecule has 8 heteroatoms. The standard InChI is InChI=1S/C26H41N3O4S/c1-9-13-27(8)22(31)19-18-11-12-26(34-18)20(19)23(32)29(17(15-30)16(3)4)21(26)24(33)28(14-10-2)25(5,6)7/h9-10,16-21,30H,1-2,11-15H2,3-8H3/t17-,18+,19-,20-,21?,26?/m0/s1. The number of carbonyl (C=O) groups excluding carboxylic acids is 3. The lowest BCUT2D eigenvalue weighted by Gasteiger charge is -2.44. The molecular weight excluding hydrogens is 450 g/mol. The first kappa shape index (κ1) is 26.8. The number of fused-ring (bicyclic) bond motifs is 1. The molecule has 190 valence electrons. The summed E-state index contributed by atoms with van der Waals surface area (Å²) in [4.78, 5) is 47.0. The average molecular weight is 492 g/mol. The van der Waals surface area contributed by atoms with Gasteiger partial charge in [0.05, 0.1) is 29.2 Å². The Bertz CT molecular complexity index is 853. The van der Waals surface area contributed by atoms with Gasteiger partial charge in [0.1, 0.15) is 6.04 Å². The van der Waals surface area contributed by atoms with Crippen molar-refractivity contribution in [2.24, 2.45) is 17.8 Å². The zero-order valence-electron chi connectivity index (χ0n) is 21.5. The minimum atomic E-state index is -0.721. The van der Waals surface area contributed by atoms with Gasteiger partial charge in [0.15, 0.2) is 0 Å². The smallest absolute Gasteiger partial charge is 0.247 e. The molecule has 6 atom stereocenters. The van der Waals surface area contributed by atoms with Gasteiger partial charge in [-0.05, 0) is 39.5 Å². The normalized spacial score (nSPS) is 30.9. The Labute approximate surface area is 208 Å². The van der Waals surface area contributed by atoms with E-state index in [1.54, 1.807) is 45.7 Å². The van der Waals surface area contributed by atoms with Gasteiger partial charge < -0.3 is 19.8 Å². The highest BCUT2D eigenvalue weighted by Crippen LogP contribution is 2.67. The number of thioether (sulfide) groups is 1. The number of aliphatic hydroxyl groups is 1. The van der Waals surface area contributed by atoms with Crippen molar-refractivity contribution >= 4 is 29.5 Å². The number of rotatable bonds is 9. The number of likely N-dealkylation sites (tertiary alicyclic amines) is 1. The largest absolute Gasteiger partial charge is 0.394 e. The van der Waals surface area contributed by atoms with Gasteiger partial charge in [0.2, 0.25) is 17.7 Å². The van der Waals surface area contributed by atoms with Gasteiger partial charge in [0.25, 0.3) is 0 Å². The van der Waals surface area contributed by atoms with Gasteiger partial charge in [0, 0.05) is 30.9 Å². The minimum Gasteiger partial charge on any atom is -0.394 e. The summed E-state index contributed by atoms with van der Waals surface area (Å²) in [5.41, 5.74) is -0.470. The van der Waals surface area contributed by atoms with Gasteiger partial charge in [-0.3, -0.25) is 14.4 Å². The average Bonchev–Trinajstić information content (AvgIpc) is 3.38. The minimum absolute atomic E-state index is 0.0142. The number of aliphatic hydroxyl groups excluding tert-OH is 1. The van der Waals surface area contributed by atoms with Crippen LogP contribution >= 0.6 is 11.8 Å². The lowest BCUT2D eigenvalue weighted by Crippen LogP contribution is -2.61. The summed E-state index contributed by atoms with van der Waals surface area (Å²) in [5, 5.41) is 10.3. The first-order valence-corrected chi connectivity index (χ1v) is 13.1. The van der Waals surface area contributed by atoms with Crippen molar-refractivity contribution in [2.45, 2.75) is 75.1 Å². The maximum absolute atomic E-state index is 14.3. The van der Waals surface area contributed by atoms with Gasteiger partial charge in [-0.15, -0.1) is 24.9 Å². The van der Waals surface area contributed by atoms with E-state index >= 15 is 0 Å². The zero-order valence-corrected chi connectivity index (χ0v) is 22.3. The third-order valence-corrected chi connectivity index (χ3v) is 9.69. The quantitative estimate of drug-likeness (QED) is 0.502. The Balaban J connectivity index is 2.14. The molecule has 34 heavy (non-hydrogen) atoms. The van der Waals surface area contributed by atoms with Gasteiger partial charge in [-0.2, -0.15) is 0 Å². The fourth-order valence-electron chi connectivity index (χ4n) is 6.14. The van der Waals surface area contributed by atoms with Crippen LogP contribution in [-0.2, 0) is 14.4 Å². The Morgan fingerprint density at radius 1 is 1.24 bits per heavy atom. The summed E-state index contributed by atoms with van der Waals surface area (Å²) in [6, 6.07) is -1.21. The van der Waals surface area contributed by atoms with Crippen LogP contribution < -0.4 is 0 Å². The van der Waals surface area contributed by atoms with Crippen LogP contribution in [0.3, 0.4) is 0 Å². The molecule has 0 aromatic carbocycles. The van der Waals surface area contributed by atoms with E-state index in [1.165, 1.54) is 0 Å². The van der Waals surface area contributed by atoms with Crippen LogP contribution in [0.1, 0.15) is 47.5 Å². The van der Waals surface area contributed by atoms with Crippen LogP contribution in [0.15, 0.2) is 25.3 Å². The third kappa shape index (κ3) is 4.11. The molecule has 0 aliphatic carbocycles. The second-order valence-corrected chi connectivity index (χ2v) is 12.8. The Hall–Kier alpha value is -1.80. The van der Waals surface area contributed by atoms with Crippen LogP contribution in [0.5, 0.6) is 0 Å². The van der Waals surface area contributed by atoms with E-state index in [2.05, 4.69) is 13.2 Å². The number of likely N-dealkylation sites (N-methyl/N-ethyl adjacent to an activating group) is 1. The molecule has 1 spiro atoms. The number of hydrogen-bond donors (Lipinski definition) is 1. The van der Waals surface area contributed by atoms with Crippen molar-refractivity contribution in [1.29, 1.82) is 0 Å². The molecule has 0 radical (unpaired) electrons. The molecule has 3 heterocycles. The third-order valence-electron chi connectivity index (χ3n) is 7.74. The molecule has 7 nitrogen and oxygen atoms in total. The zero-order chi connectivity index (χ0) is 25.6. The molecule has 0 aromatic heterocycles. The van der Waals surface area contributed by atoms with Crippen molar-refractivity contribution in [1.82, 2.24) is 14.7 Å². The molecule has 3 rings (SSSR count). The predicted octanol–water partition coefficient (Wildman–Crippen LogP) is 2.55. The predicted molar refractivity (Wildman–Crippen MR) is 136 cm³/mol. The first-order valence-electron chi connectivity index (χ1n) is 12.3. The number of amides is 3. The highest BCUT2D eigenvalue weighted by Gasteiger charge is 2.74. The highest BCUT2D eigenvalue weighted by molar-refractivity contribution is 8.02. The lowest BCUT2D eigenvalue weighted by molar-refractivity contribution is -0.149. The van der Waals surface area contributed by atoms with Crippen molar-refractivity contribution < 1.29 is 19.5 Å². The van der Waals surface area contributed by atoms with E-state index in [0.29, 0.717) is 19.5 Å². The molecule has 3 fully saturated rings. The SMILES string of the molecule is C=CCN(C)C(=O)[C@@H]1[C@H]2C(=O)N([C@@H](CO)C(C)C)C(C(=O)N(CC=C)C(C)(C)C)C23CC[C@H]1S3. The monoisotopic (exact) mass is 491 g/mol. The Kier molecular flexibility index (Phi) is 7.63. The van der Waals surface area contributed by atoms with Crippen molar-refractivity contribution in [2.75, 3.05) is 26.7 Å². The van der Waals surface area contributed by atoms with Crippen molar-refractivity contribution in [3.05, 3.63) is 25.3 Å². The second kappa shape index (κ2) is 9.69. The number of hydrogen-bond acceptors (Lipinski definition) is 5. The molecule has 2 unspecified atom stereocenters. The Morgan fingerprint density at radius 3 is 2.35 bits per heavy atom. The molecule has 3 aliphatic heterocycles. The van der Waals surface area contributed by atoms with Gasteiger partial charge in [-0.1, -0.05) is 26.0 Å². The molecular formula is C26H41N3O4S. The molecule has 3 aliphatic rings. The summed E-state index contributed by atoms with van der Waals surface area (Å²) in [5.74, 6) is -1.42. The first-order chi connectivity index (χ1) is 15.9. The maximum Gasteiger partial charge on any atom is 0.247 e. The van der Waals surface area contributed by atoms with Crippen LogP contribution in [0.25, 0.3) is 0 Å². The molecule has 3 saturated heterocycles. The van der Waals surface area contributed by atoms with Crippen LogP contribution in [0, 0.1) is 17.8 Å². The molecule has 3 amide bonds. The fraction of sp³-hybridized carbons (Fsp3) is 0.731. The van der Waals surface area contributed by atoms with E-state index < -0.39 is 34.2 Å². The summed E-state index contributed by atoms with van der Waals surface area (Å²) in [6.45, 7) is 18.0. The highest BCUT2D eigenvalue weighted by atomic mass is 32.2. The maximum atomic E-state index is 14.3. The topological polar surface area (TPSA) is 81.2 Å². The summed E-state index contributed by atoms with van der Waals surface area (Å²) < 4.78 is -0.666. The van der Waals surface area contributed by atoms with E-state index in [9.17, 15) is 19.5 Å². The van der Waals surface area contributed by atoms with Gasteiger partial charge in [-0.25, -0.2) is 0 Å². The molecule has 1 N–H and O–H groups in total. The fourth-order valence-corrected chi connectivity index (χ4v) is 8.33. The van der Waals surface area contributed by atoms with Crippen LogP contribution in [0.2, 0.25) is 0 Å².